The summed E-state index contributed by atoms with van der Waals surface area (Å²) < 4.78 is 1.42. The van der Waals surface area contributed by atoms with Crippen molar-refractivity contribution in [1.82, 2.24) is 9.55 Å². The molecule has 0 saturated heterocycles. The minimum atomic E-state index is -0.187. The number of thiophene rings is 1. The zero-order valence-electron chi connectivity index (χ0n) is 17.2. The second-order valence-electron chi connectivity index (χ2n) is 7.45. The molecule has 0 aliphatic carbocycles. The molecule has 0 aliphatic rings. The SMILES string of the molecule is Cc1sc2ncn(CC(=O)N(c3ccccc3)C(C)C)c(=O)c2c1-c1ccccc1. The molecule has 30 heavy (non-hydrogen) atoms. The van der Waals surface area contributed by atoms with Gasteiger partial charge in [-0.15, -0.1) is 11.3 Å². The number of nitrogens with zero attached hydrogens (tertiary/aromatic N) is 3. The summed E-state index contributed by atoms with van der Waals surface area (Å²) in [6.45, 7) is 5.87. The van der Waals surface area contributed by atoms with Crippen molar-refractivity contribution in [2.24, 2.45) is 0 Å². The van der Waals surface area contributed by atoms with Gasteiger partial charge in [0.05, 0.1) is 11.7 Å². The molecular weight excluding hydrogens is 394 g/mol. The molecule has 0 N–H and O–H groups in total. The molecule has 5 nitrogen and oxygen atoms in total. The Kier molecular flexibility index (Phi) is 5.50. The standard InChI is InChI=1S/C24H23N3O2S/c1-16(2)27(19-12-8-5-9-13-19)20(28)14-26-15-25-23-22(24(26)29)21(17(3)30-23)18-10-6-4-7-11-18/h4-13,15-16H,14H2,1-3H3. The quantitative estimate of drug-likeness (QED) is 0.465. The zero-order chi connectivity index (χ0) is 21.3. The fourth-order valence-corrected chi connectivity index (χ4v) is 4.75. The molecule has 1 amide bonds. The summed E-state index contributed by atoms with van der Waals surface area (Å²) in [5.41, 5.74) is 2.51. The molecule has 2 aromatic heterocycles. The van der Waals surface area contributed by atoms with Crippen LogP contribution in [-0.4, -0.2) is 21.5 Å². The summed E-state index contributed by atoms with van der Waals surface area (Å²) in [5, 5.41) is 0.579. The Bertz CT molecular complexity index is 1240. The predicted molar refractivity (Wildman–Crippen MR) is 123 cm³/mol. The van der Waals surface area contributed by atoms with Gasteiger partial charge in [-0.3, -0.25) is 14.2 Å². The molecule has 0 aliphatic heterocycles. The fraction of sp³-hybridized carbons (Fsp3) is 0.208. The average Bonchev–Trinajstić information content (AvgIpc) is 3.08. The van der Waals surface area contributed by atoms with E-state index in [2.05, 4.69) is 4.98 Å². The number of benzene rings is 2. The van der Waals surface area contributed by atoms with Crippen molar-refractivity contribution in [3.8, 4) is 11.1 Å². The highest BCUT2D eigenvalue weighted by Crippen LogP contribution is 2.35. The van der Waals surface area contributed by atoms with Crippen molar-refractivity contribution >= 4 is 33.1 Å². The van der Waals surface area contributed by atoms with Crippen LogP contribution in [-0.2, 0) is 11.3 Å². The molecule has 0 unspecified atom stereocenters. The van der Waals surface area contributed by atoms with E-state index in [0.717, 1.165) is 21.7 Å². The van der Waals surface area contributed by atoms with Crippen molar-refractivity contribution < 1.29 is 4.79 Å². The maximum Gasteiger partial charge on any atom is 0.263 e. The van der Waals surface area contributed by atoms with Gasteiger partial charge in [-0.05, 0) is 38.5 Å². The van der Waals surface area contributed by atoms with Crippen molar-refractivity contribution in [2.75, 3.05) is 4.90 Å². The van der Waals surface area contributed by atoms with Crippen LogP contribution < -0.4 is 10.5 Å². The van der Waals surface area contributed by atoms with Crippen LogP contribution in [0.3, 0.4) is 0 Å². The lowest BCUT2D eigenvalue weighted by Gasteiger charge is -2.27. The Balaban J connectivity index is 1.76. The minimum absolute atomic E-state index is 0.0319. The van der Waals surface area contributed by atoms with Gasteiger partial charge in [0, 0.05) is 22.2 Å². The number of hydrogen-bond acceptors (Lipinski definition) is 4. The number of anilines is 1. The number of carbonyl (C=O) groups excluding carboxylic acids is 1. The van der Waals surface area contributed by atoms with Gasteiger partial charge in [0.25, 0.3) is 5.56 Å². The van der Waals surface area contributed by atoms with E-state index in [1.54, 1.807) is 4.90 Å². The smallest absolute Gasteiger partial charge is 0.263 e. The molecule has 4 aromatic rings. The summed E-state index contributed by atoms with van der Waals surface area (Å²) in [6, 6.07) is 19.3. The van der Waals surface area contributed by atoms with Gasteiger partial charge in [-0.2, -0.15) is 0 Å². The molecular formula is C24H23N3O2S. The Morgan fingerprint density at radius 2 is 1.70 bits per heavy atom. The third kappa shape index (κ3) is 3.66. The molecule has 0 spiro atoms. The van der Waals surface area contributed by atoms with E-state index in [1.807, 2.05) is 81.4 Å². The summed E-state index contributed by atoms with van der Waals surface area (Å²) in [4.78, 5) is 34.4. The summed E-state index contributed by atoms with van der Waals surface area (Å²) in [6.07, 6.45) is 1.48. The average molecular weight is 418 g/mol. The molecule has 0 radical (unpaired) electrons. The maximum atomic E-state index is 13.4. The third-order valence-corrected chi connectivity index (χ3v) is 6.06. The molecule has 0 atom stereocenters. The Hall–Kier alpha value is -3.25. The monoisotopic (exact) mass is 417 g/mol. The van der Waals surface area contributed by atoms with E-state index >= 15 is 0 Å². The number of aryl methyl sites for hydroxylation is 1. The van der Waals surface area contributed by atoms with Crippen LogP contribution >= 0.6 is 11.3 Å². The molecule has 0 saturated carbocycles. The number of amides is 1. The van der Waals surface area contributed by atoms with Crippen LogP contribution in [0.25, 0.3) is 21.3 Å². The normalized spacial score (nSPS) is 11.2. The second kappa shape index (κ2) is 8.24. The first kappa shape index (κ1) is 20.0. The number of para-hydroxylation sites is 1. The van der Waals surface area contributed by atoms with Gasteiger partial charge in [-0.1, -0.05) is 48.5 Å². The lowest BCUT2D eigenvalue weighted by Crippen LogP contribution is -2.41. The number of carbonyl (C=O) groups is 1. The summed E-state index contributed by atoms with van der Waals surface area (Å²) in [5.74, 6) is -0.146. The molecule has 2 aromatic carbocycles. The van der Waals surface area contributed by atoms with E-state index in [0.29, 0.717) is 10.2 Å². The largest absolute Gasteiger partial charge is 0.308 e. The van der Waals surface area contributed by atoms with Crippen LogP contribution in [0.15, 0.2) is 71.8 Å². The van der Waals surface area contributed by atoms with Crippen LogP contribution in [0.2, 0.25) is 0 Å². The van der Waals surface area contributed by atoms with Crippen LogP contribution in [0.1, 0.15) is 18.7 Å². The Labute approximate surface area is 179 Å². The number of aromatic nitrogens is 2. The zero-order valence-corrected chi connectivity index (χ0v) is 18.0. The Morgan fingerprint density at radius 1 is 1.07 bits per heavy atom. The van der Waals surface area contributed by atoms with Gasteiger partial charge in [0.15, 0.2) is 0 Å². The van der Waals surface area contributed by atoms with Gasteiger partial charge < -0.3 is 4.90 Å². The molecule has 0 fully saturated rings. The molecule has 4 rings (SSSR count). The van der Waals surface area contributed by atoms with E-state index < -0.39 is 0 Å². The van der Waals surface area contributed by atoms with Crippen molar-refractivity contribution in [3.05, 3.63) is 82.2 Å². The lowest BCUT2D eigenvalue weighted by molar-refractivity contribution is -0.119. The van der Waals surface area contributed by atoms with E-state index in [-0.39, 0.29) is 24.1 Å². The van der Waals surface area contributed by atoms with Gasteiger partial charge in [0.1, 0.15) is 11.4 Å². The third-order valence-electron chi connectivity index (χ3n) is 5.04. The molecule has 2 heterocycles. The van der Waals surface area contributed by atoms with Gasteiger partial charge in [0.2, 0.25) is 5.91 Å². The highest BCUT2D eigenvalue weighted by atomic mass is 32.1. The van der Waals surface area contributed by atoms with Crippen LogP contribution in [0.5, 0.6) is 0 Å². The lowest BCUT2D eigenvalue weighted by atomic mass is 10.0. The number of fused-ring (bicyclic) bond motifs is 1. The first-order valence-electron chi connectivity index (χ1n) is 9.88. The maximum absolute atomic E-state index is 13.4. The first-order chi connectivity index (χ1) is 14.5. The fourth-order valence-electron chi connectivity index (χ4n) is 3.74. The van der Waals surface area contributed by atoms with Gasteiger partial charge in [-0.25, -0.2) is 4.98 Å². The highest BCUT2D eigenvalue weighted by molar-refractivity contribution is 7.19. The van der Waals surface area contributed by atoms with Crippen molar-refractivity contribution in [1.29, 1.82) is 0 Å². The molecule has 152 valence electrons. The Morgan fingerprint density at radius 3 is 2.33 bits per heavy atom. The summed E-state index contributed by atoms with van der Waals surface area (Å²) in [7, 11) is 0. The van der Waals surface area contributed by atoms with Crippen molar-refractivity contribution in [2.45, 2.75) is 33.4 Å². The van der Waals surface area contributed by atoms with Gasteiger partial charge >= 0.3 is 0 Å². The van der Waals surface area contributed by atoms with Crippen LogP contribution in [0, 0.1) is 6.92 Å². The molecule has 6 heteroatoms. The summed E-state index contributed by atoms with van der Waals surface area (Å²) >= 11 is 1.50. The van der Waals surface area contributed by atoms with E-state index in [4.69, 9.17) is 0 Å². The number of rotatable bonds is 5. The van der Waals surface area contributed by atoms with Crippen molar-refractivity contribution in [3.63, 3.8) is 0 Å². The first-order valence-corrected chi connectivity index (χ1v) is 10.7. The minimum Gasteiger partial charge on any atom is -0.308 e. The number of hydrogen-bond donors (Lipinski definition) is 0. The van der Waals surface area contributed by atoms with E-state index in [9.17, 15) is 9.59 Å². The topological polar surface area (TPSA) is 55.2 Å². The second-order valence-corrected chi connectivity index (χ2v) is 8.65. The van der Waals surface area contributed by atoms with Crippen LogP contribution in [0.4, 0.5) is 5.69 Å². The van der Waals surface area contributed by atoms with E-state index in [1.165, 1.54) is 22.2 Å². The predicted octanol–water partition coefficient (Wildman–Crippen LogP) is 4.88. The highest BCUT2D eigenvalue weighted by Gasteiger charge is 2.22. The molecule has 0 bridgehead atoms.